The lowest BCUT2D eigenvalue weighted by Gasteiger charge is -2.12. The summed E-state index contributed by atoms with van der Waals surface area (Å²) in [5.74, 6) is 0.180. The maximum absolute atomic E-state index is 11.1. The van der Waals surface area contributed by atoms with Crippen LogP contribution < -0.4 is 5.32 Å². The monoisotopic (exact) mass is 221 g/mol. The van der Waals surface area contributed by atoms with Crippen LogP contribution in [0, 0.1) is 0 Å². The number of hydrogen-bond donors (Lipinski definition) is 1. The summed E-state index contributed by atoms with van der Waals surface area (Å²) in [4.78, 5) is 11.1. The van der Waals surface area contributed by atoms with Gasteiger partial charge in [0.2, 0.25) is 0 Å². The smallest absolute Gasteiger partial charge is 0.407 e. The molecule has 1 aliphatic heterocycles. The maximum Gasteiger partial charge on any atom is 0.407 e. The molecule has 82 valence electrons. The maximum atomic E-state index is 11.1. The molecular formula is C8H15NO4S. The van der Waals surface area contributed by atoms with E-state index >= 15 is 0 Å². The van der Waals surface area contributed by atoms with Crippen LogP contribution in [0.3, 0.4) is 0 Å². The Bertz CT molecular complexity index is 309. The van der Waals surface area contributed by atoms with Crippen LogP contribution in [0.5, 0.6) is 0 Å². The molecule has 0 aromatic rings. The normalized spacial score (nSPS) is 24.9. The van der Waals surface area contributed by atoms with Crippen LogP contribution in [0.2, 0.25) is 0 Å². The van der Waals surface area contributed by atoms with E-state index in [1.165, 1.54) is 0 Å². The summed E-state index contributed by atoms with van der Waals surface area (Å²) in [6.45, 7) is 3.48. The standard InChI is InChI=1S/C8H15NO4S/c1-6(2)13-8(10)9-7-3-4-14(11,12)5-7/h6-7H,3-5H2,1-2H3,(H,9,10)/t7-/m1/s1. The van der Waals surface area contributed by atoms with E-state index in [0.717, 1.165) is 0 Å². The zero-order chi connectivity index (χ0) is 10.8. The minimum Gasteiger partial charge on any atom is -0.447 e. The van der Waals surface area contributed by atoms with Crippen molar-refractivity contribution in [3.8, 4) is 0 Å². The zero-order valence-corrected chi connectivity index (χ0v) is 9.13. The van der Waals surface area contributed by atoms with Crippen LogP contribution in [0.25, 0.3) is 0 Å². The summed E-state index contributed by atoms with van der Waals surface area (Å²) in [6, 6.07) is -0.286. The minimum absolute atomic E-state index is 0.0280. The Balaban J connectivity index is 2.36. The van der Waals surface area contributed by atoms with E-state index < -0.39 is 15.9 Å². The molecule has 0 aromatic carbocycles. The summed E-state index contributed by atoms with van der Waals surface area (Å²) < 4.78 is 26.9. The van der Waals surface area contributed by atoms with Crippen LogP contribution in [-0.4, -0.2) is 38.2 Å². The third-order valence-electron chi connectivity index (χ3n) is 1.90. The van der Waals surface area contributed by atoms with E-state index in [-0.39, 0.29) is 23.7 Å². The third kappa shape index (κ3) is 3.53. The highest BCUT2D eigenvalue weighted by Crippen LogP contribution is 2.11. The number of nitrogens with one attached hydrogen (secondary N) is 1. The molecule has 1 amide bonds. The van der Waals surface area contributed by atoms with Crippen molar-refractivity contribution in [2.45, 2.75) is 32.4 Å². The van der Waals surface area contributed by atoms with Gasteiger partial charge in [0.15, 0.2) is 9.84 Å². The number of rotatable bonds is 2. The van der Waals surface area contributed by atoms with E-state index in [2.05, 4.69) is 5.32 Å². The second kappa shape index (κ2) is 4.16. The molecule has 0 spiro atoms. The number of alkyl carbamates (subject to hydrolysis) is 1. The first-order valence-corrected chi connectivity index (χ1v) is 6.39. The quantitative estimate of drug-likeness (QED) is 0.728. The van der Waals surface area contributed by atoms with Crippen LogP contribution in [0.1, 0.15) is 20.3 Å². The largest absolute Gasteiger partial charge is 0.447 e. The SMILES string of the molecule is CC(C)OC(=O)N[C@@H]1CCS(=O)(=O)C1. The fourth-order valence-electron chi connectivity index (χ4n) is 1.32. The van der Waals surface area contributed by atoms with E-state index in [1.807, 2.05) is 0 Å². The highest BCUT2D eigenvalue weighted by molar-refractivity contribution is 7.91. The first kappa shape index (κ1) is 11.3. The van der Waals surface area contributed by atoms with Crippen molar-refractivity contribution >= 4 is 15.9 Å². The van der Waals surface area contributed by atoms with Gasteiger partial charge in [-0.3, -0.25) is 0 Å². The summed E-state index contributed by atoms with van der Waals surface area (Å²) in [7, 11) is -2.94. The predicted octanol–water partition coefficient (Wildman–Crippen LogP) is 0.308. The number of carbonyl (C=O) groups excluding carboxylic acids is 1. The predicted molar refractivity (Wildman–Crippen MR) is 51.8 cm³/mol. The number of amides is 1. The van der Waals surface area contributed by atoms with Gasteiger partial charge in [0.05, 0.1) is 17.6 Å². The van der Waals surface area contributed by atoms with Gasteiger partial charge in [-0.1, -0.05) is 0 Å². The van der Waals surface area contributed by atoms with Crippen molar-refractivity contribution < 1.29 is 17.9 Å². The van der Waals surface area contributed by atoms with Gasteiger partial charge in [0, 0.05) is 6.04 Å². The lowest BCUT2D eigenvalue weighted by Crippen LogP contribution is -2.37. The van der Waals surface area contributed by atoms with Crippen molar-refractivity contribution in [1.29, 1.82) is 0 Å². The van der Waals surface area contributed by atoms with Gasteiger partial charge >= 0.3 is 6.09 Å². The van der Waals surface area contributed by atoms with E-state index in [9.17, 15) is 13.2 Å². The highest BCUT2D eigenvalue weighted by atomic mass is 32.2. The number of hydrogen-bond acceptors (Lipinski definition) is 4. The molecule has 1 atom stereocenters. The fourth-order valence-corrected chi connectivity index (χ4v) is 3.00. The average Bonchev–Trinajstić information content (AvgIpc) is 2.27. The van der Waals surface area contributed by atoms with Crippen LogP contribution >= 0.6 is 0 Å². The summed E-state index contributed by atoms with van der Waals surface area (Å²) >= 11 is 0. The molecule has 1 fully saturated rings. The second-order valence-corrected chi connectivity index (χ2v) is 5.93. The van der Waals surface area contributed by atoms with Crippen molar-refractivity contribution in [3.05, 3.63) is 0 Å². The molecule has 0 bridgehead atoms. The summed E-state index contributed by atoms with van der Waals surface area (Å²) in [5.41, 5.74) is 0. The van der Waals surface area contributed by atoms with Gasteiger partial charge in [-0.15, -0.1) is 0 Å². The average molecular weight is 221 g/mol. The van der Waals surface area contributed by atoms with Crippen LogP contribution in [0.4, 0.5) is 4.79 Å². The van der Waals surface area contributed by atoms with Gasteiger partial charge in [0.25, 0.3) is 0 Å². The molecule has 5 nitrogen and oxygen atoms in total. The topological polar surface area (TPSA) is 72.5 Å². The molecule has 0 aliphatic carbocycles. The molecule has 14 heavy (non-hydrogen) atoms. The lowest BCUT2D eigenvalue weighted by molar-refractivity contribution is 0.113. The molecule has 1 aliphatic rings. The summed E-state index contributed by atoms with van der Waals surface area (Å²) in [5, 5.41) is 2.53. The van der Waals surface area contributed by atoms with Crippen molar-refractivity contribution in [2.75, 3.05) is 11.5 Å². The van der Waals surface area contributed by atoms with Gasteiger partial charge in [-0.25, -0.2) is 13.2 Å². The lowest BCUT2D eigenvalue weighted by atomic mass is 10.3. The molecule has 0 aromatic heterocycles. The number of ether oxygens (including phenoxy) is 1. The Morgan fingerprint density at radius 3 is 2.57 bits per heavy atom. The van der Waals surface area contributed by atoms with Crippen molar-refractivity contribution in [2.24, 2.45) is 0 Å². The van der Waals surface area contributed by atoms with Gasteiger partial charge in [0.1, 0.15) is 0 Å². The Labute approximate surface area is 83.7 Å². The fraction of sp³-hybridized carbons (Fsp3) is 0.875. The molecular weight excluding hydrogens is 206 g/mol. The minimum atomic E-state index is -2.94. The molecule has 1 N–H and O–H groups in total. The molecule has 1 rings (SSSR count). The van der Waals surface area contributed by atoms with E-state index in [0.29, 0.717) is 6.42 Å². The van der Waals surface area contributed by atoms with Crippen LogP contribution in [-0.2, 0) is 14.6 Å². The van der Waals surface area contributed by atoms with E-state index in [1.54, 1.807) is 13.8 Å². The Morgan fingerprint density at radius 2 is 2.14 bits per heavy atom. The Hall–Kier alpha value is -0.780. The number of carbonyl (C=O) groups is 1. The molecule has 0 radical (unpaired) electrons. The molecule has 1 saturated heterocycles. The van der Waals surface area contributed by atoms with Gasteiger partial charge in [-0.2, -0.15) is 0 Å². The molecule has 6 heteroatoms. The first-order valence-electron chi connectivity index (χ1n) is 4.56. The second-order valence-electron chi connectivity index (χ2n) is 3.70. The molecule has 0 unspecified atom stereocenters. The van der Waals surface area contributed by atoms with Crippen molar-refractivity contribution in [3.63, 3.8) is 0 Å². The highest BCUT2D eigenvalue weighted by Gasteiger charge is 2.29. The number of sulfone groups is 1. The molecule has 0 saturated carbocycles. The third-order valence-corrected chi connectivity index (χ3v) is 3.67. The Kier molecular flexibility index (Phi) is 3.36. The summed E-state index contributed by atoms with van der Waals surface area (Å²) in [6.07, 6.45) is -0.245. The van der Waals surface area contributed by atoms with Gasteiger partial charge in [-0.05, 0) is 20.3 Å². The van der Waals surface area contributed by atoms with Gasteiger partial charge < -0.3 is 10.1 Å². The van der Waals surface area contributed by atoms with Crippen molar-refractivity contribution in [1.82, 2.24) is 5.32 Å². The first-order chi connectivity index (χ1) is 6.39. The van der Waals surface area contributed by atoms with Crippen LogP contribution in [0.15, 0.2) is 0 Å². The zero-order valence-electron chi connectivity index (χ0n) is 8.32. The molecule has 1 heterocycles. The van der Waals surface area contributed by atoms with E-state index in [4.69, 9.17) is 4.74 Å². The Morgan fingerprint density at radius 1 is 1.50 bits per heavy atom.